The lowest BCUT2D eigenvalue weighted by Gasteiger charge is -2.18. The number of carbonyl (C=O) groups excluding carboxylic acids is 3. The van der Waals surface area contributed by atoms with Gasteiger partial charge in [0, 0.05) is 25.2 Å². The SMILES string of the molecule is CCc1ccc(NC(=O)[C@H](C)OC(=O)[C@H]2CC(=O)N(Cc3ccccc3)C2)cc1. The Hall–Kier alpha value is -3.15. The normalized spacial score (nSPS) is 17.1. The maximum atomic E-state index is 12.5. The molecule has 3 rings (SSSR count). The molecule has 0 spiro atoms. The number of carbonyl (C=O) groups is 3. The highest BCUT2D eigenvalue weighted by atomic mass is 16.5. The van der Waals surface area contributed by atoms with E-state index in [4.69, 9.17) is 4.74 Å². The molecule has 2 aromatic carbocycles. The van der Waals surface area contributed by atoms with Gasteiger partial charge in [-0.2, -0.15) is 0 Å². The van der Waals surface area contributed by atoms with Crippen LogP contribution in [0.2, 0.25) is 0 Å². The van der Waals surface area contributed by atoms with Gasteiger partial charge in [0.2, 0.25) is 5.91 Å². The lowest BCUT2D eigenvalue weighted by molar-refractivity contribution is -0.157. The van der Waals surface area contributed by atoms with E-state index >= 15 is 0 Å². The smallest absolute Gasteiger partial charge is 0.312 e. The molecule has 2 aromatic rings. The predicted octanol–water partition coefficient (Wildman–Crippen LogP) is 3.17. The third-order valence-electron chi connectivity index (χ3n) is 5.06. The number of anilines is 1. The number of benzene rings is 2. The van der Waals surface area contributed by atoms with Crippen molar-refractivity contribution in [3.8, 4) is 0 Å². The predicted molar refractivity (Wildman–Crippen MR) is 110 cm³/mol. The quantitative estimate of drug-likeness (QED) is 0.732. The van der Waals surface area contributed by atoms with Crippen molar-refractivity contribution in [3.05, 3.63) is 65.7 Å². The van der Waals surface area contributed by atoms with E-state index in [2.05, 4.69) is 12.2 Å². The van der Waals surface area contributed by atoms with Crippen molar-refractivity contribution in [2.45, 2.75) is 39.3 Å². The van der Waals surface area contributed by atoms with Crippen molar-refractivity contribution < 1.29 is 19.1 Å². The van der Waals surface area contributed by atoms with E-state index in [-0.39, 0.29) is 12.3 Å². The summed E-state index contributed by atoms with van der Waals surface area (Å²) in [5, 5.41) is 2.75. The molecule has 1 aliphatic heterocycles. The van der Waals surface area contributed by atoms with Crippen LogP contribution < -0.4 is 5.32 Å². The van der Waals surface area contributed by atoms with Crippen molar-refractivity contribution >= 4 is 23.5 Å². The Morgan fingerprint density at radius 3 is 2.45 bits per heavy atom. The summed E-state index contributed by atoms with van der Waals surface area (Å²) in [6.07, 6.45) is 0.0916. The number of rotatable bonds is 7. The van der Waals surface area contributed by atoms with Gasteiger partial charge in [-0.25, -0.2) is 0 Å². The van der Waals surface area contributed by atoms with Crippen molar-refractivity contribution in [1.82, 2.24) is 4.90 Å². The van der Waals surface area contributed by atoms with Gasteiger partial charge in [-0.1, -0.05) is 49.4 Å². The van der Waals surface area contributed by atoms with Gasteiger partial charge in [-0.15, -0.1) is 0 Å². The topological polar surface area (TPSA) is 75.7 Å². The van der Waals surface area contributed by atoms with Crippen LogP contribution in [-0.2, 0) is 32.1 Å². The number of hydrogen-bond donors (Lipinski definition) is 1. The molecule has 29 heavy (non-hydrogen) atoms. The molecule has 2 amide bonds. The van der Waals surface area contributed by atoms with Crippen LogP contribution in [0.5, 0.6) is 0 Å². The zero-order valence-electron chi connectivity index (χ0n) is 16.8. The van der Waals surface area contributed by atoms with Crippen molar-refractivity contribution in [2.24, 2.45) is 5.92 Å². The van der Waals surface area contributed by atoms with E-state index in [9.17, 15) is 14.4 Å². The van der Waals surface area contributed by atoms with E-state index in [1.807, 2.05) is 54.6 Å². The minimum absolute atomic E-state index is 0.0797. The lowest BCUT2D eigenvalue weighted by atomic mass is 10.1. The highest BCUT2D eigenvalue weighted by Gasteiger charge is 2.36. The molecule has 2 atom stereocenters. The van der Waals surface area contributed by atoms with Gasteiger partial charge < -0.3 is 15.0 Å². The molecule has 0 bridgehead atoms. The average Bonchev–Trinajstić information content (AvgIpc) is 3.09. The van der Waals surface area contributed by atoms with Crippen LogP contribution in [0.3, 0.4) is 0 Å². The molecule has 1 aliphatic rings. The molecule has 0 radical (unpaired) electrons. The molecule has 1 N–H and O–H groups in total. The molecule has 0 aliphatic carbocycles. The van der Waals surface area contributed by atoms with E-state index in [1.54, 1.807) is 4.90 Å². The minimum atomic E-state index is -0.938. The van der Waals surface area contributed by atoms with Gasteiger partial charge in [0.15, 0.2) is 6.10 Å². The first-order valence-corrected chi connectivity index (χ1v) is 9.88. The van der Waals surface area contributed by atoms with Crippen LogP contribution in [0.25, 0.3) is 0 Å². The van der Waals surface area contributed by atoms with Crippen LogP contribution in [0.4, 0.5) is 5.69 Å². The summed E-state index contributed by atoms with van der Waals surface area (Å²) in [6.45, 7) is 4.36. The summed E-state index contributed by atoms with van der Waals surface area (Å²) in [5.41, 5.74) is 2.84. The lowest BCUT2D eigenvalue weighted by Crippen LogP contribution is -2.33. The Kier molecular flexibility index (Phi) is 6.65. The molecular formula is C23H26N2O4. The van der Waals surface area contributed by atoms with E-state index in [0.29, 0.717) is 18.8 Å². The van der Waals surface area contributed by atoms with Crippen molar-refractivity contribution in [1.29, 1.82) is 0 Å². The zero-order valence-corrected chi connectivity index (χ0v) is 16.8. The van der Waals surface area contributed by atoms with Gasteiger partial charge in [0.1, 0.15) is 0 Å². The second-order valence-corrected chi connectivity index (χ2v) is 7.28. The summed E-state index contributed by atoms with van der Waals surface area (Å²) in [4.78, 5) is 38.7. The molecule has 6 heteroatoms. The number of hydrogen-bond acceptors (Lipinski definition) is 4. The third-order valence-corrected chi connectivity index (χ3v) is 5.06. The zero-order chi connectivity index (χ0) is 20.8. The Labute approximate surface area is 170 Å². The molecule has 1 saturated heterocycles. The monoisotopic (exact) mass is 394 g/mol. The van der Waals surface area contributed by atoms with E-state index in [1.165, 1.54) is 12.5 Å². The average molecular weight is 394 g/mol. The molecule has 0 saturated carbocycles. The van der Waals surface area contributed by atoms with Gasteiger partial charge in [0.25, 0.3) is 5.91 Å². The molecule has 0 aromatic heterocycles. The van der Waals surface area contributed by atoms with Crippen LogP contribution in [0.15, 0.2) is 54.6 Å². The van der Waals surface area contributed by atoms with E-state index < -0.39 is 23.9 Å². The second kappa shape index (κ2) is 9.37. The van der Waals surface area contributed by atoms with Gasteiger partial charge >= 0.3 is 5.97 Å². The first-order chi connectivity index (χ1) is 14.0. The molecular weight excluding hydrogens is 368 g/mol. The van der Waals surface area contributed by atoms with Crippen molar-refractivity contribution in [3.63, 3.8) is 0 Å². The number of ether oxygens (including phenoxy) is 1. The highest BCUT2D eigenvalue weighted by Crippen LogP contribution is 2.22. The number of nitrogens with one attached hydrogen (secondary N) is 1. The molecule has 1 heterocycles. The number of amides is 2. The summed E-state index contributed by atoms with van der Waals surface area (Å²) in [5.74, 6) is -1.54. The maximum Gasteiger partial charge on any atom is 0.312 e. The Morgan fingerprint density at radius 2 is 1.79 bits per heavy atom. The number of nitrogens with zero attached hydrogens (tertiary/aromatic N) is 1. The fraction of sp³-hybridized carbons (Fsp3) is 0.348. The minimum Gasteiger partial charge on any atom is -0.452 e. The first-order valence-electron chi connectivity index (χ1n) is 9.88. The summed E-state index contributed by atoms with van der Waals surface area (Å²) in [7, 11) is 0. The van der Waals surface area contributed by atoms with Crippen molar-refractivity contribution in [2.75, 3.05) is 11.9 Å². The number of aryl methyl sites for hydroxylation is 1. The molecule has 6 nitrogen and oxygen atoms in total. The maximum absolute atomic E-state index is 12.5. The molecule has 152 valence electrons. The van der Waals surface area contributed by atoms with Crippen LogP contribution in [0, 0.1) is 5.92 Å². The Bertz CT molecular complexity index is 864. The summed E-state index contributed by atoms with van der Waals surface area (Å²) in [6, 6.07) is 17.2. The van der Waals surface area contributed by atoms with Gasteiger partial charge in [0.05, 0.1) is 5.92 Å². The van der Waals surface area contributed by atoms with Crippen LogP contribution in [0.1, 0.15) is 31.4 Å². The van der Waals surface area contributed by atoms with Gasteiger partial charge in [-0.3, -0.25) is 14.4 Å². The van der Waals surface area contributed by atoms with Crippen LogP contribution >= 0.6 is 0 Å². The molecule has 1 fully saturated rings. The first kappa shape index (κ1) is 20.6. The largest absolute Gasteiger partial charge is 0.452 e. The Morgan fingerprint density at radius 1 is 1.10 bits per heavy atom. The highest BCUT2D eigenvalue weighted by molar-refractivity contribution is 5.95. The fourth-order valence-electron chi connectivity index (χ4n) is 3.28. The van der Waals surface area contributed by atoms with Gasteiger partial charge in [-0.05, 0) is 36.6 Å². The third kappa shape index (κ3) is 5.44. The van der Waals surface area contributed by atoms with E-state index in [0.717, 1.165) is 12.0 Å². The second-order valence-electron chi connectivity index (χ2n) is 7.28. The number of esters is 1. The summed E-state index contributed by atoms with van der Waals surface area (Å²) >= 11 is 0. The fourth-order valence-corrected chi connectivity index (χ4v) is 3.28. The molecule has 0 unspecified atom stereocenters. The summed E-state index contributed by atoms with van der Waals surface area (Å²) < 4.78 is 5.33. The van der Waals surface area contributed by atoms with Crippen LogP contribution in [-0.4, -0.2) is 35.3 Å². The number of likely N-dealkylation sites (tertiary alicyclic amines) is 1. The standard InChI is InChI=1S/C23H26N2O4/c1-3-17-9-11-20(12-10-17)24-22(27)16(2)29-23(28)19-13-21(26)25(15-19)14-18-7-5-4-6-8-18/h4-12,16,19H,3,13-15H2,1-2H3,(H,24,27)/t16-,19-/m0/s1. The Balaban J connectivity index is 1.51.